The van der Waals surface area contributed by atoms with Crippen LogP contribution in [-0.4, -0.2) is 11.7 Å². The van der Waals surface area contributed by atoms with Gasteiger partial charge in [-0.1, -0.05) is 72.9 Å². The lowest BCUT2D eigenvalue weighted by molar-refractivity contribution is 0.0509. The Morgan fingerprint density at radius 2 is 1.73 bits per heavy atom. The molecule has 2 fully saturated rings. The predicted molar refractivity (Wildman–Crippen MR) is 123 cm³/mol. The van der Waals surface area contributed by atoms with E-state index in [1.54, 1.807) is 12.1 Å². The molecule has 2 aliphatic rings. The van der Waals surface area contributed by atoms with Crippen LogP contribution in [-0.2, 0) is 4.84 Å². The quantitative estimate of drug-likeness (QED) is 0.346. The Balaban J connectivity index is 1.71. The molecule has 0 N–H and O–H groups in total. The normalized spacial score (nSPS) is 27.1. The van der Waals surface area contributed by atoms with Crippen LogP contribution in [0.2, 0.25) is 15.1 Å². The summed E-state index contributed by atoms with van der Waals surface area (Å²) < 4.78 is 0. The predicted octanol–water partition coefficient (Wildman–Crippen LogP) is 7.70. The second-order valence-corrected chi connectivity index (χ2v) is 10.0. The summed E-state index contributed by atoms with van der Waals surface area (Å²) in [7, 11) is 0. The number of hydrogen-bond acceptors (Lipinski definition) is 3. The molecule has 3 nitrogen and oxygen atoms in total. The van der Waals surface area contributed by atoms with Gasteiger partial charge in [0.15, 0.2) is 0 Å². The molecular formula is C24H22Cl3NO2. The lowest BCUT2D eigenvalue weighted by atomic mass is 9.70. The van der Waals surface area contributed by atoms with Gasteiger partial charge in [0.25, 0.3) is 0 Å². The van der Waals surface area contributed by atoms with E-state index in [0.29, 0.717) is 16.0 Å². The van der Waals surface area contributed by atoms with Crippen molar-refractivity contribution in [2.75, 3.05) is 0 Å². The average molecular weight is 463 g/mol. The summed E-state index contributed by atoms with van der Waals surface area (Å²) in [5.74, 6) is -0.256. The van der Waals surface area contributed by atoms with E-state index in [9.17, 15) is 4.79 Å². The average Bonchev–Trinajstić information content (AvgIpc) is 3.00. The number of hydrogen-bond donors (Lipinski definition) is 0. The smallest absolute Gasteiger partial charge is 0.312 e. The van der Waals surface area contributed by atoms with Crippen molar-refractivity contribution in [3.05, 3.63) is 74.2 Å². The summed E-state index contributed by atoms with van der Waals surface area (Å²) in [6.07, 6.45) is 4.22. The van der Waals surface area contributed by atoms with Crippen molar-refractivity contribution >= 4 is 52.6 Å². The molecule has 2 aliphatic carbocycles. The number of carbonyl (C=O) groups is 1. The zero-order valence-electron chi connectivity index (χ0n) is 17.0. The lowest BCUT2D eigenvalue weighted by Crippen LogP contribution is -2.33. The van der Waals surface area contributed by atoms with Crippen LogP contribution >= 0.6 is 34.8 Å². The van der Waals surface area contributed by atoms with Gasteiger partial charge < -0.3 is 4.84 Å². The Bertz CT molecular complexity index is 1070. The summed E-state index contributed by atoms with van der Waals surface area (Å²) in [6.45, 7) is 6.74. The molecule has 2 bridgehead atoms. The Morgan fingerprint density at radius 1 is 1.07 bits per heavy atom. The Hall–Kier alpha value is -1.81. The zero-order chi connectivity index (χ0) is 21.7. The van der Waals surface area contributed by atoms with Gasteiger partial charge in [0.2, 0.25) is 0 Å². The molecule has 2 unspecified atom stereocenters. The molecule has 2 aromatic rings. The number of oxime groups is 1. The van der Waals surface area contributed by atoms with Crippen LogP contribution in [0.1, 0.15) is 49.5 Å². The van der Waals surface area contributed by atoms with Crippen LogP contribution in [0.5, 0.6) is 0 Å². The van der Waals surface area contributed by atoms with Crippen LogP contribution in [0.25, 0.3) is 6.08 Å². The number of carbonyl (C=O) groups excluding carboxylic acids is 1. The monoisotopic (exact) mass is 461 g/mol. The maximum absolute atomic E-state index is 12.6. The van der Waals surface area contributed by atoms with E-state index >= 15 is 0 Å². The fraction of sp³-hybridized carbons (Fsp3) is 0.333. The first-order valence-corrected chi connectivity index (χ1v) is 11.0. The van der Waals surface area contributed by atoms with Gasteiger partial charge in [-0.05, 0) is 71.7 Å². The standard InChI is InChI=1S/C24H22Cl3NO2/c1-23(2)19-10-11-24(23,3)21(18(19)12-14-4-6-15(25)7-5-14)28-30-22(29)17-9-8-16(26)13-20(17)27/h4-9,12-13,19H,10-11H2,1-3H3/b18-12+,28-21-. The highest BCUT2D eigenvalue weighted by atomic mass is 35.5. The van der Waals surface area contributed by atoms with Gasteiger partial charge in [0, 0.05) is 15.5 Å². The number of fused-ring (bicyclic) bond motifs is 2. The second kappa shape index (κ2) is 7.71. The Morgan fingerprint density at radius 3 is 2.40 bits per heavy atom. The lowest BCUT2D eigenvalue weighted by Gasteiger charge is -2.33. The third-order valence-corrected chi connectivity index (χ3v) is 7.76. The zero-order valence-corrected chi connectivity index (χ0v) is 19.3. The summed E-state index contributed by atoms with van der Waals surface area (Å²) >= 11 is 18.1. The highest BCUT2D eigenvalue weighted by Gasteiger charge is 2.63. The molecule has 0 radical (unpaired) electrons. The van der Waals surface area contributed by atoms with E-state index in [2.05, 4.69) is 32.0 Å². The van der Waals surface area contributed by atoms with Gasteiger partial charge in [0.1, 0.15) is 0 Å². The van der Waals surface area contributed by atoms with Crippen molar-refractivity contribution in [2.24, 2.45) is 21.9 Å². The minimum absolute atomic E-state index is 0.00835. The molecule has 2 aromatic carbocycles. The van der Waals surface area contributed by atoms with Gasteiger partial charge in [-0.2, -0.15) is 0 Å². The van der Waals surface area contributed by atoms with Gasteiger partial charge in [-0.25, -0.2) is 4.79 Å². The molecule has 0 spiro atoms. The van der Waals surface area contributed by atoms with Crippen molar-refractivity contribution in [2.45, 2.75) is 33.6 Å². The fourth-order valence-electron chi connectivity index (χ4n) is 4.80. The first-order chi connectivity index (χ1) is 14.1. The highest BCUT2D eigenvalue weighted by Crippen LogP contribution is 2.66. The third-order valence-electron chi connectivity index (χ3n) is 6.96. The van der Waals surface area contributed by atoms with Crippen LogP contribution in [0.4, 0.5) is 0 Å². The number of nitrogens with zero attached hydrogens (tertiary/aromatic N) is 1. The van der Waals surface area contributed by atoms with Crippen LogP contribution < -0.4 is 0 Å². The summed E-state index contributed by atoms with van der Waals surface area (Å²) in [5.41, 5.74) is 3.06. The SMILES string of the molecule is CC12CCC(C(=C\c3ccc(Cl)cc3)/C1=N/OC(=O)c1ccc(Cl)cc1Cl)C2(C)C. The number of allylic oxidation sites excluding steroid dienone is 1. The third kappa shape index (κ3) is 3.47. The number of benzene rings is 2. The van der Waals surface area contributed by atoms with Crippen LogP contribution in [0, 0.1) is 16.7 Å². The van der Waals surface area contributed by atoms with Crippen LogP contribution in [0.15, 0.2) is 53.2 Å². The summed E-state index contributed by atoms with van der Waals surface area (Å²) in [6, 6.07) is 12.4. The fourth-order valence-corrected chi connectivity index (χ4v) is 5.42. The maximum atomic E-state index is 12.6. The molecule has 4 rings (SSSR count). The van der Waals surface area contributed by atoms with E-state index in [4.69, 9.17) is 39.6 Å². The van der Waals surface area contributed by atoms with E-state index in [-0.39, 0.29) is 21.4 Å². The van der Waals surface area contributed by atoms with Crippen LogP contribution in [0.3, 0.4) is 0 Å². The minimum atomic E-state index is -0.598. The Labute approximate surface area is 191 Å². The Kier molecular flexibility index (Phi) is 5.50. The molecule has 30 heavy (non-hydrogen) atoms. The molecule has 2 atom stereocenters. The topological polar surface area (TPSA) is 38.7 Å². The largest absolute Gasteiger partial charge is 0.367 e. The minimum Gasteiger partial charge on any atom is -0.312 e. The van der Waals surface area contributed by atoms with E-state index < -0.39 is 5.97 Å². The first-order valence-electron chi connectivity index (χ1n) is 9.86. The first kappa shape index (κ1) is 21.4. The van der Waals surface area contributed by atoms with Gasteiger partial charge in [0.05, 0.1) is 16.3 Å². The van der Waals surface area contributed by atoms with Gasteiger partial charge >= 0.3 is 5.97 Å². The molecule has 156 valence electrons. The number of rotatable bonds is 3. The van der Waals surface area contributed by atoms with Gasteiger partial charge in [-0.15, -0.1) is 0 Å². The molecule has 0 saturated heterocycles. The molecular weight excluding hydrogens is 441 g/mol. The van der Waals surface area contributed by atoms with Crippen molar-refractivity contribution in [1.29, 1.82) is 0 Å². The summed E-state index contributed by atoms with van der Waals surface area (Å²) in [4.78, 5) is 18.0. The number of halogens is 3. The highest BCUT2D eigenvalue weighted by molar-refractivity contribution is 6.36. The van der Waals surface area contributed by atoms with Crippen molar-refractivity contribution in [3.8, 4) is 0 Å². The summed E-state index contributed by atoms with van der Waals surface area (Å²) in [5, 5.41) is 5.78. The van der Waals surface area contributed by atoms with E-state index in [1.807, 2.05) is 24.3 Å². The molecule has 0 heterocycles. The molecule has 0 aliphatic heterocycles. The molecule has 6 heteroatoms. The molecule has 2 saturated carbocycles. The van der Waals surface area contributed by atoms with Crippen molar-refractivity contribution in [1.82, 2.24) is 0 Å². The van der Waals surface area contributed by atoms with E-state index in [1.165, 1.54) is 6.07 Å². The maximum Gasteiger partial charge on any atom is 0.367 e. The van der Waals surface area contributed by atoms with Gasteiger partial charge in [-0.3, -0.25) is 0 Å². The van der Waals surface area contributed by atoms with Crippen molar-refractivity contribution in [3.63, 3.8) is 0 Å². The molecule has 0 aromatic heterocycles. The van der Waals surface area contributed by atoms with E-state index in [0.717, 1.165) is 29.7 Å². The second-order valence-electron chi connectivity index (χ2n) is 8.74. The van der Waals surface area contributed by atoms with Crippen molar-refractivity contribution < 1.29 is 9.63 Å². The molecule has 0 amide bonds.